The first-order valence-electron chi connectivity index (χ1n) is 9.86. The van der Waals surface area contributed by atoms with Crippen LogP contribution in [0.4, 0.5) is 5.69 Å². The summed E-state index contributed by atoms with van der Waals surface area (Å²) in [7, 11) is 1.86. The van der Waals surface area contributed by atoms with E-state index in [1.165, 1.54) is 11.1 Å². The molecule has 8 heteroatoms. The lowest BCUT2D eigenvalue weighted by atomic mass is 10.0. The van der Waals surface area contributed by atoms with Gasteiger partial charge in [0.15, 0.2) is 5.96 Å². The zero-order valence-corrected chi connectivity index (χ0v) is 20.0. The molecule has 1 atom stereocenters. The van der Waals surface area contributed by atoms with Crippen molar-refractivity contribution in [3.8, 4) is 0 Å². The van der Waals surface area contributed by atoms with E-state index in [0.29, 0.717) is 25.6 Å². The van der Waals surface area contributed by atoms with Crippen LogP contribution in [-0.4, -0.2) is 59.3 Å². The molecule has 1 N–H and O–H groups in total. The normalized spacial score (nSPS) is 15.9. The number of hydrogen-bond donors (Lipinski definition) is 1. The minimum absolute atomic E-state index is 0. The Kier molecular flexibility index (Phi) is 8.48. The van der Waals surface area contributed by atoms with Gasteiger partial charge in [-0.05, 0) is 19.4 Å². The molecule has 0 bridgehead atoms. The number of aromatic nitrogens is 2. The van der Waals surface area contributed by atoms with Crippen LogP contribution in [0.5, 0.6) is 0 Å². The van der Waals surface area contributed by atoms with Crippen molar-refractivity contribution in [1.82, 2.24) is 20.0 Å². The Balaban J connectivity index is 0.00000300. The van der Waals surface area contributed by atoms with Crippen LogP contribution in [0, 0.1) is 6.92 Å². The molecular weight excluding hydrogens is 479 g/mol. The van der Waals surface area contributed by atoms with E-state index in [1.54, 1.807) is 15.8 Å². The molecular formula is C21H31IN6O. The molecule has 0 aliphatic carbocycles. The van der Waals surface area contributed by atoms with Gasteiger partial charge in [0.2, 0.25) is 5.91 Å². The summed E-state index contributed by atoms with van der Waals surface area (Å²) in [5.41, 5.74) is 3.39. The number of guanidine groups is 1. The van der Waals surface area contributed by atoms with E-state index in [1.807, 2.05) is 25.1 Å². The Morgan fingerprint density at radius 2 is 2.00 bits per heavy atom. The van der Waals surface area contributed by atoms with Crippen LogP contribution in [0.1, 0.15) is 30.9 Å². The average molecular weight is 510 g/mol. The lowest BCUT2D eigenvalue weighted by Crippen LogP contribution is -2.55. The number of benzene rings is 1. The van der Waals surface area contributed by atoms with Gasteiger partial charge in [-0.1, -0.05) is 36.8 Å². The highest BCUT2D eigenvalue weighted by molar-refractivity contribution is 14.0. The van der Waals surface area contributed by atoms with Gasteiger partial charge in [-0.2, -0.15) is 5.10 Å². The number of piperazine rings is 1. The lowest BCUT2D eigenvalue weighted by molar-refractivity contribution is -0.120. The summed E-state index contributed by atoms with van der Waals surface area (Å²) in [6, 6.07) is 8.60. The Morgan fingerprint density at radius 1 is 1.28 bits per heavy atom. The predicted octanol–water partition coefficient (Wildman–Crippen LogP) is 2.76. The van der Waals surface area contributed by atoms with Crippen LogP contribution in [0.25, 0.3) is 0 Å². The standard InChI is InChI=1S/C21H30N6O.HI/c1-5-22-21(23-12-17(3)18-8-6-16(2)7-9-18)26-10-11-27(20(28)15-26)19-13-24-25(4)14-19;/h6-9,13-14,17H,5,10-12,15H2,1-4H3,(H,22,23);1H. The van der Waals surface area contributed by atoms with Gasteiger partial charge in [-0.25, -0.2) is 0 Å². The zero-order chi connectivity index (χ0) is 20.1. The molecule has 2 aromatic rings. The number of aryl methyl sites for hydroxylation is 2. The number of rotatable bonds is 5. The molecule has 0 spiro atoms. The minimum atomic E-state index is 0. The van der Waals surface area contributed by atoms with Crippen LogP contribution in [-0.2, 0) is 11.8 Å². The number of nitrogens with one attached hydrogen (secondary N) is 1. The largest absolute Gasteiger partial charge is 0.357 e. The smallest absolute Gasteiger partial charge is 0.246 e. The molecule has 1 aromatic heterocycles. The van der Waals surface area contributed by atoms with Gasteiger partial charge in [0.1, 0.15) is 6.54 Å². The lowest BCUT2D eigenvalue weighted by Gasteiger charge is -2.35. The monoisotopic (exact) mass is 510 g/mol. The molecule has 0 radical (unpaired) electrons. The quantitative estimate of drug-likeness (QED) is 0.382. The number of halogens is 1. The molecule has 1 aliphatic rings. The van der Waals surface area contributed by atoms with Crippen LogP contribution >= 0.6 is 24.0 Å². The zero-order valence-electron chi connectivity index (χ0n) is 17.6. The molecule has 1 unspecified atom stereocenters. The van der Waals surface area contributed by atoms with Crippen LogP contribution in [0.3, 0.4) is 0 Å². The third-order valence-electron chi connectivity index (χ3n) is 5.02. The van der Waals surface area contributed by atoms with Crippen molar-refractivity contribution in [2.45, 2.75) is 26.7 Å². The van der Waals surface area contributed by atoms with Gasteiger partial charge in [0.25, 0.3) is 0 Å². The first kappa shape index (κ1) is 23.2. The molecule has 3 rings (SSSR count). The second-order valence-electron chi connectivity index (χ2n) is 7.35. The molecule has 1 amide bonds. The molecule has 7 nitrogen and oxygen atoms in total. The van der Waals surface area contributed by atoms with E-state index in [2.05, 4.69) is 48.5 Å². The van der Waals surface area contributed by atoms with Crippen molar-refractivity contribution >= 4 is 41.5 Å². The van der Waals surface area contributed by atoms with Crippen molar-refractivity contribution in [1.29, 1.82) is 0 Å². The summed E-state index contributed by atoms with van der Waals surface area (Å²) >= 11 is 0. The first-order valence-corrected chi connectivity index (χ1v) is 9.86. The maximum absolute atomic E-state index is 12.7. The Morgan fingerprint density at radius 3 is 2.59 bits per heavy atom. The van der Waals surface area contributed by atoms with Crippen molar-refractivity contribution in [2.24, 2.45) is 12.0 Å². The van der Waals surface area contributed by atoms with Gasteiger partial charge in [-0.15, -0.1) is 24.0 Å². The summed E-state index contributed by atoms with van der Waals surface area (Å²) in [4.78, 5) is 21.3. The number of hydrogen-bond acceptors (Lipinski definition) is 3. The summed E-state index contributed by atoms with van der Waals surface area (Å²) in [5.74, 6) is 1.19. The SMILES string of the molecule is CCNC(=NCC(C)c1ccc(C)cc1)N1CCN(c2cnn(C)c2)C(=O)C1.I. The Bertz CT molecular complexity index is 832. The Hall–Kier alpha value is -2.10. The highest BCUT2D eigenvalue weighted by atomic mass is 127. The van der Waals surface area contributed by atoms with Gasteiger partial charge in [-0.3, -0.25) is 14.5 Å². The number of nitrogens with zero attached hydrogens (tertiary/aromatic N) is 5. The van der Waals surface area contributed by atoms with Crippen LogP contribution < -0.4 is 10.2 Å². The number of aliphatic imine (C=N–C) groups is 1. The van der Waals surface area contributed by atoms with E-state index in [9.17, 15) is 4.79 Å². The fourth-order valence-corrected chi connectivity index (χ4v) is 3.32. The van der Waals surface area contributed by atoms with Crippen molar-refractivity contribution in [3.05, 3.63) is 47.8 Å². The summed E-state index contributed by atoms with van der Waals surface area (Å²) in [6.07, 6.45) is 3.60. The van der Waals surface area contributed by atoms with Gasteiger partial charge in [0, 0.05) is 45.3 Å². The molecule has 2 heterocycles. The van der Waals surface area contributed by atoms with Crippen molar-refractivity contribution < 1.29 is 4.79 Å². The number of anilines is 1. The number of carbonyl (C=O) groups is 1. The van der Waals surface area contributed by atoms with Crippen molar-refractivity contribution in [3.63, 3.8) is 0 Å². The Labute approximate surface area is 190 Å². The van der Waals surface area contributed by atoms with E-state index in [0.717, 1.165) is 24.7 Å². The van der Waals surface area contributed by atoms with E-state index in [4.69, 9.17) is 4.99 Å². The summed E-state index contributed by atoms with van der Waals surface area (Å²) < 4.78 is 1.72. The van der Waals surface area contributed by atoms with Crippen LogP contribution in [0.15, 0.2) is 41.7 Å². The minimum Gasteiger partial charge on any atom is -0.357 e. The third kappa shape index (κ3) is 5.94. The topological polar surface area (TPSA) is 65.8 Å². The second kappa shape index (κ2) is 10.6. The van der Waals surface area contributed by atoms with Crippen molar-refractivity contribution in [2.75, 3.05) is 37.6 Å². The molecule has 1 aliphatic heterocycles. The summed E-state index contributed by atoms with van der Waals surface area (Å²) in [6.45, 7) is 9.47. The van der Waals surface area contributed by atoms with Gasteiger partial charge in [0.05, 0.1) is 11.9 Å². The number of amides is 1. The fraction of sp³-hybridized carbons (Fsp3) is 0.476. The fourth-order valence-electron chi connectivity index (χ4n) is 3.32. The molecule has 29 heavy (non-hydrogen) atoms. The van der Waals surface area contributed by atoms with E-state index >= 15 is 0 Å². The number of carbonyl (C=O) groups excluding carboxylic acids is 1. The highest BCUT2D eigenvalue weighted by Crippen LogP contribution is 2.18. The summed E-state index contributed by atoms with van der Waals surface area (Å²) in [5, 5.41) is 7.50. The average Bonchev–Trinajstić information content (AvgIpc) is 3.11. The highest BCUT2D eigenvalue weighted by Gasteiger charge is 2.27. The van der Waals surface area contributed by atoms with Crippen LogP contribution in [0.2, 0.25) is 0 Å². The molecule has 1 aromatic carbocycles. The molecule has 1 fully saturated rings. The van der Waals surface area contributed by atoms with E-state index < -0.39 is 0 Å². The molecule has 0 saturated carbocycles. The maximum atomic E-state index is 12.7. The predicted molar refractivity (Wildman–Crippen MR) is 128 cm³/mol. The van der Waals surface area contributed by atoms with Gasteiger partial charge >= 0.3 is 0 Å². The first-order chi connectivity index (χ1) is 13.5. The third-order valence-corrected chi connectivity index (χ3v) is 5.02. The van der Waals surface area contributed by atoms with E-state index in [-0.39, 0.29) is 29.9 Å². The molecule has 1 saturated heterocycles. The second-order valence-corrected chi connectivity index (χ2v) is 7.35. The molecule has 158 valence electrons. The van der Waals surface area contributed by atoms with Gasteiger partial charge < -0.3 is 15.1 Å². The maximum Gasteiger partial charge on any atom is 0.246 e.